The van der Waals surface area contributed by atoms with E-state index in [2.05, 4.69) is 319 Å². The van der Waals surface area contributed by atoms with Gasteiger partial charge in [0.15, 0.2) is 0 Å². The Hall–Kier alpha value is -11.3. The molecule has 14 aromatic carbocycles. The van der Waals surface area contributed by atoms with Gasteiger partial charge in [-0.3, -0.25) is 0 Å². The zero-order valence-electron chi connectivity index (χ0n) is 50.0. The summed E-state index contributed by atoms with van der Waals surface area (Å²) >= 11 is 3.61. The molecule has 0 amide bonds. The van der Waals surface area contributed by atoms with Gasteiger partial charge in [0.1, 0.15) is 0 Å². The predicted octanol–water partition coefficient (Wildman–Crippen LogP) is 20.9. The molecule has 0 aliphatic carbocycles. The monoisotopic (exact) mass is 1240 g/mol. The van der Waals surface area contributed by atoms with Crippen molar-refractivity contribution in [1.29, 1.82) is 0 Å². The summed E-state index contributed by atoms with van der Waals surface area (Å²) in [7, 11) is -1.46. The molecule has 0 atom stereocenters. The van der Waals surface area contributed by atoms with E-state index in [9.17, 15) is 10.0 Å². The molecule has 436 valence electrons. The average molecular weight is 1250 g/mol. The van der Waals surface area contributed by atoms with Crippen molar-refractivity contribution in [1.82, 2.24) is 18.3 Å². The van der Waals surface area contributed by atoms with Crippen molar-refractivity contribution in [2.24, 2.45) is 0 Å². The molecule has 0 saturated carbocycles. The first kappa shape index (κ1) is 56.0. The number of hydrogen-bond acceptors (Lipinski definition) is 2. The predicted molar refractivity (Wildman–Crippen MR) is 391 cm³/mol. The highest BCUT2D eigenvalue weighted by Crippen LogP contribution is 2.40. The molecule has 0 bridgehead atoms. The van der Waals surface area contributed by atoms with Crippen LogP contribution in [0.3, 0.4) is 0 Å². The zero-order valence-corrected chi connectivity index (χ0v) is 51.6. The molecule has 18 rings (SSSR count). The van der Waals surface area contributed by atoms with Gasteiger partial charge < -0.3 is 28.3 Å². The minimum absolute atomic E-state index is 0.503. The third-order valence-corrected chi connectivity index (χ3v) is 18.3. The largest absolute Gasteiger partial charge is 0.488 e. The van der Waals surface area contributed by atoms with Gasteiger partial charge in [0.25, 0.3) is 0 Å². The molecule has 0 aliphatic rings. The number of aromatic nitrogens is 4. The Morgan fingerprint density at radius 2 is 0.467 bits per heavy atom. The molecule has 0 aliphatic heterocycles. The Bertz CT molecular complexity index is 5720. The third-order valence-electron chi connectivity index (χ3n) is 17.8. The van der Waals surface area contributed by atoms with E-state index < -0.39 is 7.12 Å². The van der Waals surface area contributed by atoms with Crippen LogP contribution in [0.2, 0.25) is 0 Å². The summed E-state index contributed by atoms with van der Waals surface area (Å²) in [5.41, 5.74) is 22.0. The number of fused-ring (bicyclic) bond motifs is 12. The Balaban J connectivity index is 0.000000119. The van der Waals surface area contributed by atoms with Gasteiger partial charge in [-0.05, 0) is 160 Å². The molecule has 6 nitrogen and oxygen atoms in total. The average Bonchev–Trinajstić information content (AvgIpc) is 1.64. The molecule has 0 spiro atoms. The van der Waals surface area contributed by atoms with Crippen molar-refractivity contribution in [3.05, 3.63) is 344 Å². The molecule has 18 aromatic rings. The summed E-state index contributed by atoms with van der Waals surface area (Å²) < 4.78 is 10.4. The molecule has 0 fully saturated rings. The maximum Gasteiger partial charge on any atom is 0.488 e. The molecular formula is C84H58BBrN4O2. The van der Waals surface area contributed by atoms with Crippen molar-refractivity contribution >= 4 is 116 Å². The summed E-state index contributed by atoms with van der Waals surface area (Å²) in [6.07, 6.45) is 0. The number of benzene rings is 14. The second-order valence-corrected chi connectivity index (χ2v) is 24.1. The number of rotatable bonds is 8. The normalized spacial score (nSPS) is 11.4. The van der Waals surface area contributed by atoms with Gasteiger partial charge in [-0.15, -0.1) is 0 Å². The summed E-state index contributed by atoms with van der Waals surface area (Å²) in [6.45, 7) is 0. The number of hydrogen-bond donors (Lipinski definition) is 2. The summed E-state index contributed by atoms with van der Waals surface area (Å²) in [4.78, 5) is 0. The minimum Gasteiger partial charge on any atom is -0.423 e. The Labute approximate surface area is 540 Å². The fourth-order valence-corrected chi connectivity index (χ4v) is 13.9. The molecule has 0 radical (unpaired) electrons. The van der Waals surface area contributed by atoms with Crippen molar-refractivity contribution in [2.75, 3.05) is 0 Å². The third kappa shape index (κ3) is 10.1. The van der Waals surface area contributed by atoms with Gasteiger partial charge in [-0.2, -0.15) is 0 Å². The van der Waals surface area contributed by atoms with Crippen LogP contribution < -0.4 is 5.46 Å². The Kier molecular flexibility index (Phi) is 14.6. The topological polar surface area (TPSA) is 60.2 Å². The van der Waals surface area contributed by atoms with Crippen LogP contribution in [0.4, 0.5) is 0 Å². The molecule has 0 unspecified atom stereocenters. The van der Waals surface area contributed by atoms with E-state index in [1.807, 2.05) is 48.5 Å². The first-order chi connectivity index (χ1) is 45.4. The molecule has 2 N–H and O–H groups in total. The number of nitrogens with zero attached hydrogens (tertiary/aromatic N) is 4. The maximum absolute atomic E-state index is 9.43. The number of halogens is 1. The van der Waals surface area contributed by atoms with Gasteiger partial charge in [0.05, 0.1) is 44.1 Å². The van der Waals surface area contributed by atoms with Gasteiger partial charge in [0, 0.05) is 70.3 Å². The lowest BCUT2D eigenvalue weighted by Gasteiger charge is -2.10. The van der Waals surface area contributed by atoms with Crippen molar-refractivity contribution in [3.8, 4) is 56.1 Å². The second-order valence-electron chi connectivity index (χ2n) is 23.2. The molecule has 4 heterocycles. The second kappa shape index (κ2) is 23.9. The smallest absolute Gasteiger partial charge is 0.423 e. The van der Waals surface area contributed by atoms with Gasteiger partial charge >= 0.3 is 7.12 Å². The first-order valence-corrected chi connectivity index (χ1v) is 31.8. The van der Waals surface area contributed by atoms with Crippen molar-refractivity contribution in [2.45, 2.75) is 0 Å². The van der Waals surface area contributed by atoms with Gasteiger partial charge in [-0.25, -0.2) is 0 Å². The molecular weight excluding hydrogens is 1190 g/mol. The fourth-order valence-electron chi connectivity index (χ4n) is 13.5. The maximum atomic E-state index is 9.43. The van der Waals surface area contributed by atoms with Crippen LogP contribution in [-0.4, -0.2) is 35.4 Å². The molecule has 4 aromatic heterocycles. The summed E-state index contributed by atoms with van der Waals surface area (Å²) in [5.74, 6) is 0. The number of para-hydroxylation sites is 6. The lowest BCUT2D eigenvalue weighted by atomic mass is 9.80. The lowest BCUT2D eigenvalue weighted by molar-refractivity contribution is 0.426. The van der Waals surface area contributed by atoms with Crippen LogP contribution in [-0.2, 0) is 0 Å². The Morgan fingerprint density at radius 3 is 0.837 bits per heavy atom. The van der Waals surface area contributed by atoms with E-state index in [1.165, 1.54) is 116 Å². The van der Waals surface area contributed by atoms with E-state index in [-0.39, 0.29) is 0 Å². The van der Waals surface area contributed by atoms with Crippen molar-refractivity contribution < 1.29 is 10.0 Å². The van der Waals surface area contributed by atoms with Crippen LogP contribution in [0.25, 0.3) is 143 Å². The van der Waals surface area contributed by atoms with Gasteiger partial charge in [0.2, 0.25) is 0 Å². The van der Waals surface area contributed by atoms with E-state index in [1.54, 1.807) is 6.07 Å². The molecule has 92 heavy (non-hydrogen) atoms. The van der Waals surface area contributed by atoms with Crippen LogP contribution in [0, 0.1) is 0 Å². The highest BCUT2D eigenvalue weighted by Gasteiger charge is 2.19. The summed E-state index contributed by atoms with van der Waals surface area (Å²) in [5, 5.41) is 28.6. The lowest BCUT2D eigenvalue weighted by Crippen LogP contribution is -2.29. The van der Waals surface area contributed by atoms with Crippen LogP contribution in [0.1, 0.15) is 0 Å². The van der Waals surface area contributed by atoms with E-state index >= 15 is 0 Å². The highest BCUT2D eigenvalue weighted by molar-refractivity contribution is 9.10. The van der Waals surface area contributed by atoms with E-state index in [0.29, 0.717) is 5.46 Å². The van der Waals surface area contributed by atoms with Crippen molar-refractivity contribution in [3.63, 3.8) is 0 Å². The minimum atomic E-state index is -1.46. The Morgan fingerprint density at radius 1 is 0.207 bits per heavy atom. The first-order valence-electron chi connectivity index (χ1n) is 31.0. The fraction of sp³-hybridized carbons (Fsp3) is 0. The van der Waals surface area contributed by atoms with E-state index in [0.717, 1.165) is 32.0 Å². The quantitative estimate of drug-likeness (QED) is 0.149. The SMILES string of the molecule is Brc1ccc2c(c1)c1ccccc1n2-c1ccc(-c2ccccc2)cc1.OB(O)c1ccc2c(c1)c1ccccc1n2-c1ccccc1.c1ccc(-c2ccc(-n3c4ccccc4c4cc(-c5ccc6c(c5)c5ccccc5n6-c5ccccc5)ccc43)cc2)cc1. The highest BCUT2D eigenvalue weighted by atomic mass is 79.9. The van der Waals surface area contributed by atoms with Crippen LogP contribution in [0.15, 0.2) is 344 Å². The molecule has 0 saturated heterocycles. The van der Waals surface area contributed by atoms with Gasteiger partial charge in [-0.1, -0.05) is 234 Å². The molecule has 8 heteroatoms. The standard InChI is InChI=1S/C42H28N2.C24H16BrN.C18H14BNO2/c1-3-11-29(12-4-1)30-19-23-34(24-20-30)44-40-18-10-8-16-36(40)38-28-32(22-26-42(38)44)31-21-25-41-37(27-31)35-15-7-9-17-39(35)43(41)33-13-5-2-6-14-33;25-19-12-15-24-22(16-19)21-8-4-5-9-23(21)26(24)20-13-10-18(11-14-20)17-6-2-1-3-7-17;21-19(22)13-10-11-18-16(12-13)15-8-4-5-9-17(15)20(18)14-6-2-1-3-7-14/h1-28H;1-16H;1-12,21-22H. The van der Waals surface area contributed by atoms with E-state index in [4.69, 9.17) is 0 Å². The van der Waals surface area contributed by atoms with Crippen LogP contribution >= 0.6 is 15.9 Å². The zero-order chi connectivity index (χ0) is 61.7. The van der Waals surface area contributed by atoms with Crippen LogP contribution in [0.5, 0.6) is 0 Å². The summed E-state index contributed by atoms with van der Waals surface area (Å²) in [6, 6.07) is 120.